The van der Waals surface area contributed by atoms with Crippen LogP contribution < -0.4 is 10.2 Å². The fraction of sp³-hybridized carbons (Fsp3) is 0.364. The number of amides is 1. The number of hydrogen-bond donors (Lipinski definition) is 1. The van der Waals surface area contributed by atoms with Gasteiger partial charge in [-0.3, -0.25) is 9.79 Å². The van der Waals surface area contributed by atoms with Crippen molar-refractivity contribution in [3.05, 3.63) is 58.1 Å². The quantitative estimate of drug-likeness (QED) is 0.720. The Kier molecular flexibility index (Phi) is 6.07. The van der Waals surface area contributed by atoms with E-state index >= 15 is 0 Å². The Hall–Kier alpha value is -2.03. The predicted octanol–water partition coefficient (Wildman–Crippen LogP) is 3.98. The number of aliphatic imine (C=N–C) groups is 1. The molecule has 2 aromatic rings. The van der Waals surface area contributed by atoms with Gasteiger partial charge in [-0.15, -0.1) is 0 Å². The van der Waals surface area contributed by atoms with Crippen LogP contribution in [0.25, 0.3) is 0 Å². The van der Waals surface area contributed by atoms with Crippen molar-refractivity contribution in [3.63, 3.8) is 0 Å². The zero-order chi connectivity index (χ0) is 22.3. The van der Waals surface area contributed by atoms with Gasteiger partial charge in [-0.05, 0) is 61.7 Å². The molecule has 0 aromatic heterocycles. The van der Waals surface area contributed by atoms with Crippen molar-refractivity contribution >= 4 is 55.6 Å². The molecule has 2 atom stereocenters. The number of aryl methyl sites for hydroxylation is 2. The van der Waals surface area contributed by atoms with E-state index in [1.54, 1.807) is 12.1 Å². The fourth-order valence-electron chi connectivity index (χ4n) is 3.87. The van der Waals surface area contributed by atoms with E-state index in [4.69, 9.17) is 16.6 Å². The third-order valence-electron chi connectivity index (χ3n) is 5.75. The van der Waals surface area contributed by atoms with Crippen LogP contribution in [0.4, 0.5) is 11.4 Å². The molecule has 9 heteroatoms. The zero-order valence-corrected chi connectivity index (χ0v) is 19.9. The summed E-state index contributed by atoms with van der Waals surface area (Å²) in [6.45, 7) is 5.93. The molecule has 1 N–H and O–H groups in total. The van der Waals surface area contributed by atoms with Crippen LogP contribution >= 0.6 is 23.4 Å². The maximum atomic E-state index is 12.6. The highest BCUT2D eigenvalue weighted by molar-refractivity contribution is 8.14. The van der Waals surface area contributed by atoms with Crippen molar-refractivity contribution in [3.8, 4) is 0 Å². The van der Waals surface area contributed by atoms with Crippen molar-refractivity contribution in [2.24, 2.45) is 4.99 Å². The van der Waals surface area contributed by atoms with Crippen LogP contribution in [0.3, 0.4) is 0 Å². The molecule has 0 saturated carbocycles. The Balaban J connectivity index is 1.53. The number of hydrogen-bond acceptors (Lipinski definition) is 6. The molecule has 31 heavy (non-hydrogen) atoms. The Labute approximate surface area is 192 Å². The Bertz CT molecular complexity index is 1180. The van der Waals surface area contributed by atoms with Crippen LogP contribution in [0.2, 0.25) is 5.02 Å². The van der Waals surface area contributed by atoms with E-state index < -0.39 is 9.84 Å². The van der Waals surface area contributed by atoms with Gasteiger partial charge in [-0.1, -0.05) is 35.5 Å². The lowest BCUT2D eigenvalue weighted by molar-refractivity contribution is -0.113. The summed E-state index contributed by atoms with van der Waals surface area (Å²) >= 11 is 7.46. The van der Waals surface area contributed by atoms with E-state index in [0.717, 1.165) is 16.8 Å². The Morgan fingerprint density at radius 2 is 1.97 bits per heavy atom. The van der Waals surface area contributed by atoms with Crippen LogP contribution in [0.5, 0.6) is 0 Å². The molecule has 0 spiro atoms. The van der Waals surface area contributed by atoms with Crippen LogP contribution in [0.1, 0.15) is 16.7 Å². The molecule has 2 heterocycles. The van der Waals surface area contributed by atoms with Gasteiger partial charge in [-0.25, -0.2) is 8.42 Å². The predicted molar refractivity (Wildman–Crippen MR) is 129 cm³/mol. The highest BCUT2D eigenvalue weighted by Gasteiger charge is 2.47. The first-order chi connectivity index (χ1) is 14.6. The van der Waals surface area contributed by atoms with Gasteiger partial charge in [0.1, 0.15) is 0 Å². The average molecular weight is 478 g/mol. The highest BCUT2D eigenvalue weighted by Crippen LogP contribution is 2.36. The number of nitrogens with zero attached hydrogens (tertiary/aromatic N) is 2. The summed E-state index contributed by atoms with van der Waals surface area (Å²) < 4.78 is 24.4. The van der Waals surface area contributed by atoms with Gasteiger partial charge in [-0.2, -0.15) is 0 Å². The topological polar surface area (TPSA) is 78.8 Å². The second kappa shape index (κ2) is 8.48. The van der Waals surface area contributed by atoms with Gasteiger partial charge >= 0.3 is 0 Å². The first-order valence-corrected chi connectivity index (χ1v) is 13.2. The van der Waals surface area contributed by atoms with Crippen molar-refractivity contribution < 1.29 is 13.2 Å². The number of carbonyl (C=O) groups excluding carboxylic acids is 1. The lowest BCUT2D eigenvalue weighted by atomic mass is 10.1. The third-order valence-corrected chi connectivity index (χ3v) is 8.83. The first-order valence-electron chi connectivity index (χ1n) is 9.97. The number of thioether (sulfide) groups is 1. The van der Waals surface area contributed by atoms with E-state index in [1.165, 1.54) is 17.3 Å². The van der Waals surface area contributed by atoms with E-state index in [9.17, 15) is 13.2 Å². The normalized spacial score (nSPS) is 21.7. The average Bonchev–Trinajstić information content (AvgIpc) is 3.17. The number of fused-ring (bicyclic) bond motifs is 1. The molecule has 0 radical (unpaired) electrons. The number of sulfone groups is 1. The lowest BCUT2D eigenvalue weighted by Gasteiger charge is -2.27. The van der Waals surface area contributed by atoms with Crippen molar-refractivity contribution in [2.75, 3.05) is 27.5 Å². The summed E-state index contributed by atoms with van der Waals surface area (Å²) in [5, 5.41) is 4.18. The minimum Gasteiger partial charge on any atom is -0.325 e. The summed E-state index contributed by atoms with van der Waals surface area (Å²) in [5.74, 6) is 0.129. The van der Waals surface area contributed by atoms with Crippen LogP contribution in [-0.4, -0.2) is 48.8 Å². The monoisotopic (exact) mass is 477 g/mol. The summed E-state index contributed by atoms with van der Waals surface area (Å²) in [7, 11) is -3.12. The molecule has 2 aliphatic heterocycles. The van der Waals surface area contributed by atoms with Crippen molar-refractivity contribution in [2.45, 2.75) is 32.9 Å². The lowest BCUT2D eigenvalue weighted by Crippen LogP contribution is -2.39. The Morgan fingerprint density at radius 3 is 2.71 bits per heavy atom. The number of anilines is 2. The third kappa shape index (κ3) is 4.61. The molecule has 0 aliphatic carbocycles. The molecule has 1 amide bonds. The molecule has 164 valence electrons. The smallest absolute Gasteiger partial charge is 0.234 e. The van der Waals surface area contributed by atoms with Gasteiger partial charge in [0.25, 0.3) is 0 Å². The largest absolute Gasteiger partial charge is 0.325 e. The molecule has 1 fully saturated rings. The molecule has 4 rings (SSSR count). The number of rotatable bonds is 4. The molecule has 0 unspecified atom stereocenters. The molecule has 2 aliphatic rings. The molecular weight excluding hydrogens is 454 g/mol. The second-order valence-corrected chi connectivity index (χ2v) is 11.5. The van der Waals surface area contributed by atoms with Crippen LogP contribution in [0, 0.1) is 20.8 Å². The van der Waals surface area contributed by atoms with Crippen LogP contribution in [-0.2, 0) is 14.6 Å². The SMILES string of the molecule is Cc1ccc(N2C(SCC(=O)Nc3cccc(Cl)c3C)=N[C@@H]3CS(=O)(=O)C[C@@H]32)cc1C. The van der Waals surface area contributed by atoms with Gasteiger partial charge in [0.15, 0.2) is 15.0 Å². The van der Waals surface area contributed by atoms with E-state index in [0.29, 0.717) is 15.9 Å². The zero-order valence-electron chi connectivity index (χ0n) is 17.6. The molecule has 6 nitrogen and oxygen atoms in total. The number of halogens is 1. The summed E-state index contributed by atoms with van der Waals surface area (Å²) in [6, 6.07) is 10.9. The van der Waals surface area contributed by atoms with Crippen molar-refractivity contribution in [1.82, 2.24) is 0 Å². The van der Waals surface area contributed by atoms with Gasteiger partial charge < -0.3 is 10.2 Å². The summed E-state index contributed by atoms with van der Waals surface area (Å²) in [4.78, 5) is 19.3. The van der Waals surface area contributed by atoms with Crippen molar-refractivity contribution in [1.29, 1.82) is 0 Å². The number of nitrogens with one attached hydrogen (secondary N) is 1. The Morgan fingerprint density at radius 1 is 1.19 bits per heavy atom. The van der Waals surface area contributed by atoms with Gasteiger partial charge in [0.05, 0.1) is 29.3 Å². The summed E-state index contributed by atoms with van der Waals surface area (Å²) in [6.07, 6.45) is 0. The molecular formula is C22H24ClN3O3S2. The fourth-order valence-corrected chi connectivity index (χ4v) is 6.81. The summed E-state index contributed by atoms with van der Waals surface area (Å²) in [5.41, 5.74) is 4.70. The van der Waals surface area contributed by atoms with E-state index in [-0.39, 0.29) is 35.2 Å². The first kappa shape index (κ1) is 22.2. The minimum atomic E-state index is -3.12. The minimum absolute atomic E-state index is 0.0526. The number of amidine groups is 1. The maximum Gasteiger partial charge on any atom is 0.234 e. The highest BCUT2D eigenvalue weighted by atomic mass is 35.5. The van der Waals surface area contributed by atoms with Gasteiger partial charge in [0, 0.05) is 16.4 Å². The second-order valence-electron chi connectivity index (χ2n) is 8.01. The van der Waals surface area contributed by atoms with Crippen LogP contribution in [0.15, 0.2) is 41.4 Å². The molecule has 1 saturated heterocycles. The van der Waals surface area contributed by atoms with E-state index in [1.807, 2.05) is 49.9 Å². The standard InChI is InChI=1S/C22H24ClN3O3S2/c1-13-7-8-16(9-14(13)2)26-20-12-31(28,29)11-19(20)25-22(26)30-10-21(27)24-18-6-4-5-17(23)15(18)3/h4-9,19-20H,10-12H2,1-3H3,(H,24,27)/t19-,20+/m1/s1. The molecule has 2 aromatic carbocycles. The molecule has 0 bridgehead atoms. The number of carbonyl (C=O) groups is 1. The number of benzene rings is 2. The maximum absolute atomic E-state index is 12.6. The van der Waals surface area contributed by atoms with E-state index in [2.05, 4.69) is 5.32 Å². The van der Waals surface area contributed by atoms with Gasteiger partial charge in [0.2, 0.25) is 5.91 Å².